The van der Waals surface area contributed by atoms with E-state index in [9.17, 15) is 9.90 Å². The molecule has 0 radical (unpaired) electrons. The number of para-hydroxylation sites is 2. The van der Waals surface area contributed by atoms with E-state index in [-0.39, 0.29) is 17.7 Å². The van der Waals surface area contributed by atoms with Gasteiger partial charge in [0.15, 0.2) is 0 Å². The van der Waals surface area contributed by atoms with Gasteiger partial charge in [0.2, 0.25) is 6.10 Å². The van der Waals surface area contributed by atoms with E-state index in [2.05, 4.69) is 0 Å². The van der Waals surface area contributed by atoms with Crippen LogP contribution < -0.4 is 9.64 Å². The molecule has 1 unspecified atom stereocenters. The minimum Gasteiger partial charge on any atom is -0.508 e. The van der Waals surface area contributed by atoms with Gasteiger partial charge in [0.1, 0.15) is 11.5 Å². The second-order valence-corrected chi connectivity index (χ2v) is 7.74. The number of amides is 1. The van der Waals surface area contributed by atoms with Gasteiger partial charge >= 0.3 is 0 Å². The van der Waals surface area contributed by atoms with Gasteiger partial charge in [-0.1, -0.05) is 67.8 Å². The molecular weight excluding hydrogens is 374 g/mol. The molecule has 4 nitrogen and oxygen atoms in total. The quantitative estimate of drug-likeness (QED) is 0.561. The molecule has 1 atom stereocenters. The fourth-order valence-corrected chi connectivity index (χ4v) is 4.12. The van der Waals surface area contributed by atoms with Crippen LogP contribution in [0.5, 0.6) is 11.5 Å². The van der Waals surface area contributed by atoms with Crippen LogP contribution in [-0.2, 0) is 4.79 Å². The summed E-state index contributed by atoms with van der Waals surface area (Å²) in [7, 11) is 0. The molecule has 1 fully saturated rings. The minimum atomic E-state index is -0.796. The van der Waals surface area contributed by atoms with E-state index in [1.54, 1.807) is 24.3 Å². The normalized spacial score (nSPS) is 15.3. The van der Waals surface area contributed by atoms with Gasteiger partial charge < -0.3 is 14.7 Å². The molecule has 1 aliphatic rings. The van der Waals surface area contributed by atoms with Crippen LogP contribution in [0, 0.1) is 0 Å². The van der Waals surface area contributed by atoms with Crippen LogP contribution in [0.2, 0.25) is 0 Å². The summed E-state index contributed by atoms with van der Waals surface area (Å²) < 4.78 is 6.22. The van der Waals surface area contributed by atoms with Crippen molar-refractivity contribution in [3.8, 4) is 11.5 Å². The summed E-state index contributed by atoms with van der Waals surface area (Å²) >= 11 is 0. The predicted octanol–water partition coefficient (Wildman–Crippen LogP) is 5.88. The van der Waals surface area contributed by atoms with E-state index in [4.69, 9.17) is 4.74 Å². The molecule has 1 N–H and O–H groups in total. The molecule has 0 aromatic heterocycles. The van der Waals surface area contributed by atoms with Crippen molar-refractivity contribution in [3.63, 3.8) is 0 Å². The smallest absolute Gasteiger partial charge is 0.273 e. The Morgan fingerprint density at radius 1 is 0.833 bits per heavy atom. The molecule has 0 aliphatic heterocycles. The fraction of sp³-hybridized carbons (Fsp3) is 0.269. The van der Waals surface area contributed by atoms with Crippen molar-refractivity contribution < 1.29 is 14.6 Å². The molecule has 30 heavy (non-hydrogen) atoms. The summed E-state index contributed by atoms with van der Waals surface area (Å²) in [6.07, 6.45) is 4.67. The minimum absolute atomic E-state index is 0.0809. The summed E-state index contributed by atoms with van der Waals surface area (Å²) in [5.74, 6) is 0.722. The Morgan fingerprint density at radius 3 is 2.07 bits per heavy atom. The van der Waals surface area contributed by atoms with E-state index in [1.165, 1.54) is 6.42 Å². The molecule has 0 heterocycles. The number of phenols is 1. The number of aromatic hydroxyl groups is 1. The van der Waals surface area contributed by atoms with E-state index < -0.39 is 6.10 Å². The SMILES string of the molecule is O=C(C(Oc1ccccc1)c1ccc(O)cc1)N(c1ccccc1)C1CCCCC1. The van der Waals surface area contributed by atoms with Gasteiger partial charge in [0.25, 0.3) is 5.91 Å². The number of rotatable bonds is 6. The highest BCUT2D eigenvalue weighted by molar-refractivity contribution is 5.98. The Hall–Kier alpha value is -3.27. The lowest BCUT2D eigenvalue weighted by atomic mass is 9.93. The molecule has 1 aliphatic carbocycles. The van der Waals surface area contributed by atoms with Crippen LogP contribution in [0.1, 0.15) is 43.8 Å². The van der Waals surface area contributed by atoms with Crippen LogP contribution in [0.25, 0.3) is 0 Å². The molecule has 0 bridgehead atoms. The lowest BCUT2D eigenvalue weighted by Gasteiger charge is -2.36. The van der Waals surface area contributed by atoms with Gasteiger partial charge in [0.05, 0.1) is 0 Å². The van der Waals surface area contributed by atoms with Crippen molar-refractivity contribution in [2.75, 3.05) is 4.90 Å². The molecule has 0 spiro atoms. The first-order valence-electron chi connectivity index (χ1n) is 10.6. The van der Waals surface area contributed by atoms with E-state index in [1.807, 2.05) is 65.6 Å². The topological polar surface area (TPSA) is 49.8 Å². The monoisotopic (exact) mass is 401 g/mol. The number of carbonyl (C=O) groups excluding carboxylic acids is 1. The van der Waals surface area contributed by atoms with Crippen LogP contribution in [-0.4, -0.2) is 17.1 Å². The number of anilines is 1. The van der Waals surface area contributed by atoms with Crippen LogP contribution in [0.4, 0.5) is 5.69 Å². The number of nitrogens with zero attached hydrogens (tertiary/aromatic N) is 1. The first-order chi connectivity index (χ1) is 14.7. The molecule has 3 aromatic rings. The van der Waals surface area contributed by atoms with E-state index in [0.29, 0.717) is 5.75 Å². The molecule has 1 saturated carbocycles. The average molecular weight is 402 g/mol. The third-order valence-corrected chi connectivity index (χ3v) is 5.63. The Morgan fingerprint density at radius 2 is 1.43 bits per heavy atom. The maximum absolute atomic E-state index is 14.0. The highest BCUT2D eigenvalue weighted by Gasteiger charge is 2.34. The Labute approximate surface area is 177 Å². The number of ether oxygens (including phenoxy) is 1. The largest absolute Gasteiger partial charge is 0.508 e. The number of carbonyl (C=O) groups is 1. The third kappa shape index (κ3) is 4.65. The summed E-state index contributed by atoms with van der Waals surface area (Å²) in [5, 5.41) is 9.72. The van der Waals surface area contributed by atoms with Crippen molar-refractivity contribution in [2.45, 2.75) is 44.2 Å². The number of hydrogen-bond acceptors (Lipinski definition) is 3. The molecule has 3 aromatic carbocycles. The van der Waals surface area contributed by atoms with Crippen LogP contribution in [0.3, 0.4) is 0 Å². The maximum atomic E-state index is 14.0. The number of hydrogen-bond donors (Lipinski definition) is 1. The van der Waals surface area contributed by atoms with Crippen molar-refractivity contribution in [1.29, 1.82) is 0 Å². The van der Waals surface area contributed by atoms with Gasteiger partial charge in [-0.05, 0) is 49.2 Å². The Kier molecular flexibility index (Phi) is 6.33. The van der Waals surface area contributed by atoms with Gasteiger partial charge in [-0.3, -0.25) is 4.79 Å². The summed E-state index contributed by atoms with van der Waals surface area (Å²) in [4.78, 5) is 15.9. The first-order valence-corrected chi connectivity index (χ1v) is 10.6. The molecule has 4 rings (SSSR count). The molecule has 4 heteroatoms. The molecular formula is C26H27NO3. The van der Waals surface area contributed by atoms with E-state index >= 15 is 0 Å². The van der Waals surface area contributed by atoms with Crippen molar-refractivity contribution in [3.05, 3.63) is 90.5 Å². The Bertz CT molecular complexity index is 935. The van der Waals surface area contributed by atoms with Crippen molar-refractivity contribution in [1.82, 2.24) is 0 Å². The summed E-state index contributed by atoms with van der Waals surface area (Å²) in [6, 6.07) is 26.1. The second kappa shape index (κ2) is 9.49. The second-order valence-electron chi connectivity index (χ2n) is 7.74. The summed E-state index contributed by atoms with van der Waals surface area (Å²) in [6.45, 7) is 0. The Balaban J connectivity index is 1.72. The van der Waals surface area contributed by atoms with E-state index in [0.717, 1.165) is 36.9 Å². The van der Waals surface area contributed by atoms with Crippen molar-refractivity contribution in [2.24, 2.45) is 0 Å². The van der Waals surface area contributed by atoms with Crippen molar-refractivity contribution >= 4 is 11.6 Å². The highest BCUT2D eigenvalue weighted by Crippen LogP contribution is 2.32. The van der Waals surface area contributed by atoms with Crippen LogP contribution in [0.15, 0.2) is 84.9 Å². The zero-order valence-electron chi connectivity index (χ0n) is 17.0. The number of benzene rings is 3. The zero-order valence-corrected chi connectivity index (χ0v) is 17.0. The summed E-state index contributed by atoms with van der Waals surface area (Å²) in [5.41, 5.74) is 1.62. The van der Waals surface area contributed by atoms with Gasteiger partial charge in [0, 0.05) is 17.3 Å². The van der Waals surface area contributed by atoms with Gasteiger partial charge in [-0.25, -0.2) is 0 Å². The number of phenolic OH excluding ortho intramolecular Hbond substituents is 1. The lowest BCUT2D eigenvalue weighted by Crippen LogP contribution is -2.45. The predicted molar refractivity (Wildman–Crippen MR) is 119 cm³/mol. The molecule has 0 saturated heterocycles. The van der Waals surface area contributed by atoms with Gasteiger partial charge in [-0.2, -0.15) is 0 Å². The first kappa shape index (κ1) is 20.0. The molecule has 154 valence electrons. The average Bonchev–Trinajstić information content (AvgIpc) is 2.80. The van der Waals surface area contributed by atoms with Gasteiger partial charge in [-0.15, -0.1) is 0 Å². The third-order valence-electron chi connectivity index (χ3n) is 5.63. The van der Waals surface area contributed by atoms with Crippen LogP contribution >= 0.6 is 0 Å². The molecule has 1 amide bonds. The maximum Gasteiger partial charge on any atom is 0.273 e. The standard InChI is InChI=1S/C26H27NO3/c28-23-18-16-20(17-19-23)25(30-24-14-8-3-9-15-24)26(29)27(21-10-4-1-5-11-21)22-12-6-2-7-13-22/h1,3-5,8-11,14-19,22,25,28H,2,6-7,12-13H2. The zero-order chi connectivity index (χ0) is 20.8. The highest BCUT2D eigenvalue weighted by atomic mass is 16.5. The fourth-order valence-electron chi connectivity index (χ4n) is 4.12. The lowest BCUT2D eigenvalue weighted by molar-refractivity contribution is -0.126.